The average molecular weight is 339 g/mol. The molecule has 0 aliphatic rings. The van der Waals surface area contributed by atoms with E-state index >= 15 is 0 Å². The molecule has 1 aromatic carbocycles. The summed E-state index contributed by atoms with van der Waals surface area (Å²) in [7, 11) is -3.19. The van der Waals surface area contributed by atoms with Crippen LogP contribution >= 0.6 is 15.9 Å². The molecule has 0 amide bonds. The lowest BCUT2D eigenvalue weighted by Crippen LogP contribution is -2.31. The Bertz CT molecular complexity index is 494. The molecule has 1 aromatic rings. The van der Waals surface area contributed by atoms with Gasteiger partial charge in [-0.05, 0) is 17.7 Å². The van der Waals surface area contributed by atoms with Crippen molar-refractivity contribution in [3.05, 3.63) is 34.1 Å². The van der Waals surface area contributed by atoms with Crippen LogP contribution in [-0.2, 0) is 16.6 Å². The molecule has 0 unspecified atom stereocenters. The fraction of sp³-hybridized carbons (Fsp3) is 0.455. The molecular formula is C11H16BrFN2O2S. The third-order valence-electron chi connectivity index (χ3n) is 2.24. The summed E-state index contributed by atoms with van der Waals surface area (Å²) >= 11 is 3.25. The van der Waals surface area contributed by atoms with Crippen molar-refractivity contribution in [3.8, 4) is 0 Å². The van der Waals surface area contributed by atoms with E-state index < -0.39 is 10.0 Å². The van der Waals surface area contributed by atoms with E-state index in [0.717, 1.165) is 5.56 Å². The van der Waals surface area contributed by atoms with Gasteiger partial charge in [0.15, 0.2) is 0 Å². The normalized spacial score (nSPS) is 11.7. The third-order valence-corrected chi connectivity index (χ3v) is 4.45. The van der Waals surface area contributed by atoms with Gasteiger partial charge >= 0.3 is 0 Å². The number of hydrogen-bond acceptors (Lipinski definition) is 3. The lowest BCUT2D eigenvalue weighted by atomic mass is 10.2. The summed E-state index contributed by atoms with van der Waals surface area (Å²) in [5.74, 6) is -0.278. The van der Waals surface area contributed by atoms with E-state index in [0.29, 0.717) is 24.1 Å². The van der Waals surface area contributed by atoms with Gasteiger partial charge in [-0.25, -0.2) is 17.5 Å². The lowest BCUT2D eigenvalue weighted by molar-refractivity contribution is 0.578. The van der Waals surface area contributed by atoms with Crippen LogP contribution in [0.3, 0.4) is 0 Å². The van der Waals surface area contributed by atoms with Crippen molar-refractivity contribution < 1.29 is 12.8 Å². The standard InChI is InChI=1S/C11H16BrFN2O2S/c1-2-15-18(16,17)6-5-14-8-9-3-4-10(13)7-11(9)12/h3-4,7,14-15H,2,5-6,8H2,1H3. The van der Waals surface area contributed by atoms with Gasteiger partial charge in [-0.15, -0.1) is 0 Å². The summed E-state index contributed by atoms with van der Waals surface area (Å²) in [5, 5.41) is 3.00. The number of benzene rings is 1. The Morgan fingerprint density at radius 3 is 2.72 bits per heavy atom. The minimum atomic E-state index is -3.19. The van der Waals surface area contributed by atoms with Crippen molar-refractivity contribution in [3.63, 3.8) is 0 Å². The quantitative estimate of drug-likeness (QED) is 0.742. The molecule has 0 aromatic heterocycles. The number of hydrogen-bond donors (Lipinski definition) is 2. The Hall–Kier alpha value is -0.500. The molecule has 2 N–H and O–H groups in total. The third kappa shape index (κ3) is 5.43. The van der Waals surface area contributed by atoms with Crippen molar-refractivity contribution in [2.45, 2.75) is 13.5 Å². The highest BCUT2D eigenvalue weighted by atomic mass is 79.9. The Morgan fingerprint density at radius 2 is 2.11 bits per heavy atom. The average Bonchev–Trinajstić information content (AvgIpc) is 2.26. The molecule has 1 rings (SSSR count). The molecule has 0 fully saturated rings. The van der Waals surface area contributed by atoms with Gasteiger partial charge < -0.3 is 5.32 Å². The first-order chi connectivity index (χ1) is 8.44. The largest absolute Gasteiger partial charge is 0.312 e. The second kappa shape index (κ2) is 7.18. The Kier molecular flexibility index (Phi) is 6.20. The predicted octanol–water partition coefficient (Wildman–Crippen LogP) is 1.62. The van der Waals surface area contributed by atoms with Gasteiger partial charge in [0.1, 0.15) is 5.82 Å². The number of rotatable bonds is 7. The summed E-state index contributed by atoms with van der Waals surface area (Å²) < 4.78 is 38.6. The Balaban J connectivity index is 2.38. The molecular weight excluding hydrogens is 323 g/mol. The fourth-order valence-corrected chi connectivity index (χ4v) is 2.87. The van der Waals surface area contributed by atoms with Gasteiger partial charge in [-0.3, -0.25) is 0 Å². The maximum absolute atomic E-state index is 12.8. The summed E-state index contributed by atoms with van der Waals surface area (Å²) in [6.07, 6.45) is 0. The van der Waals surface area contributed by atoms with E-state index in [9.17, 15) is 12.8 Å². The zero-order valence-corrected chi connectivity index (χ0v) is 12.4. The van der Waals surface area contributed by atoms with E-state index in [1.54, 1.807) is 13.0 Å². The van der Waals surface area contributed by atoms with Crippen LogP contribution in [0.25, 0.3) is 0 Å². The molecule has 18 heavy (non-hydrogen) atoms. The number of halogens is 2. The van der Waals surface area contributed by atoms with E-state index in [-0.39, 0.29) is 11.6 Å². The van der Waals surface area contributed by atoms with Gasteiger partial charge in [-0.2, -0.15) is 0 Å². The summed E-state index contributed by atoms with van der Waals surface area (Å²) in [6, 6.07) is 4.41. The highest BCUT2D eigenvalue weighted by molar-refractivity contribution is 9.10. The summed E-state index contributed by atoms with van der Waals surface area (Å²) in [4.78, 5) is 0. The van der Waals surface area contributed by atoms with Gasteiger partial charge in [0, 0.05) is 24.1 Å². The maximum atomic E-state index is 12.8. The second-order valence-electron chi connectivity index (χ2n) is 3.73. The molecule has 0 aliphatic heterocycles. The van der Waals surface area contributed by atoms with Crippen molar-refractivity contribution in [1.29, 1.82) is 0 Å². The van der Waals surface area contributed by atoms with Crippen LogP contribution in [0, 0.1) is 5.82 Å². The molecule has 0 saturated carbocycles. The molecule has 0 atom stereocenters. The van der Waals surface area contributed by atoms with Crippen LogP contribution in [0.4, 0.5) is 4.39 Å². The van der Waals surface area contributed by atoms with Gasteiger partial charge in [0.2, 0.25) is 10.0 Å². The first-order valence-corrected chi connectivity index (χ1v) is 8.01. The molecule has 102 valence electrons. The monoisotopic (exact) mass is 338 g/mol. The summed E-state index contributed by atoms with van der Waals surface area (Å²) in [6.45, 7) is 2.97. The number of sulfonamides is 1. The van der Waals surface area contributed by atoms with Gasteiger partial charge in [-0.1, -0.05) is 28.9 Å². The summed E-state index contributed by atoms with van der Waals surface area (Å²) in [5.41, 5.74) is 0.886. The SMILES string of the molecule is CCNS(=O)(=O)CCNCc1ccc(F)cc1Br. The molecule has 0 aliphatic carbocycles. The van der Waals surface area contributed by atoms with Crippen LogP contribution < -0.4 is 10.0 Å². The van der Waals surface area contributed by atoms with E-state index in [1.807, 2.05) is 0 Å². The van der Waals surface area contributed by atoms with Crippen LogP contribution in [0.1, 0.15) is 12.5 Å². The lowest BCUT2D eigenvalue weighted by Gasteiger charge is -2.08. The van der Waals surface area contributed by atoms with Crippen molar-refractivity contribution in [1.82, 2.24) is 10.0 Å². The second-order valence-corrected chi connectivity index (χ2v) is 6.51. The predicted molar refractivity (Wildman–Crippen MR) is 73.3 cm³/mol. The maximum Gasteiger partial charge on any atom is 0.212 e. The van der Waals surface area contributed by atoms with E-state index in [4.69, 9.17) is 0 Å². The Morgan fingerprint density at radius 1 is 1.39 bits per heavy atom. The Labute approximate surface area is 115 Å². The van der Waals surface area contributed by atoms with Crippen LogP contribution in [0.15, 0.2) is 22.7 Å². The molecule has 0 heterocycles. The van der Waals surface area contributed by atoms with Gasteiger partial charge in [0.05, 0.1) is 5.75 Å². The first-order valence-electron chi connectivity index (χ1n) is 5.56. The molecule has 7 heteroatoms. The highest BCUT2D eigenvalue weighted by Gasteiger charge is 2.07. The van der Waals surface area contributed by atoms with Gasteiger partial charge in [0.25, 0.3) is 0 Å². The molecule has 0 saturated heterocycles. The number of nitrogens with one attached hydrogen (secondary N) is 2. The van der Waals surface area contributed by atoms with Crippen LogP contribution in [0.2, 0.25) is 0 Å². The zero-order valence-electron chi connectivity index (χ0n) is 10.0. The topological polar surface area (TPSA) is 58.2 Å². The van der Waals surface area contributed by atoms with Crippen molar-refractivity contribution in [2.75, 3.05) is 18.8 Å². The molecule has 0 spiro atoms. The minimum Gasteiger partial charge on any atom is -0.312 e. The smallest absolute Gasteiger partial charge is 0.212 e. The molecule has 4 nitrogen and oxygen atoms in total. The highest BCUT2D eigenvalue weighted by Crippen LogP contribution is 2.17. The van der Waals surface area contributed by atoms with E-state index in [2.05, 4.69) is 26.0 Å². The first kappa shape index (κ1) is 15.6. The van der Waals surface area contributed by atoms with Crippen molar-refractivity contribution in [2.24, 2.45) is 0 Å². The van der Waals surface area contributed by atoms with Crippen LogP contribution in [0.5, 0.6) is 0 Å². The van der Waals surface area contributed by atoms with Crippen molar-refractivity contribution >= 4 is 26.0 Å². The molecule has 0 radical (unpaired) electrons. The fourth-order valence-electron chi connectivity index (χ4n) is 1.39. The minimum absolute atomic E-state index is 0.0274. The van der Waals surface area contributed by atoms with Crippen LogP contribution in [-0.4, -0.2) is 27.3 Å². The van der Waals surface area contributed by atoms with E-state index in [1.165, 1.54) is 12.1 Å². The molecule has 0 bridgehead atoms. The zero-order chi connectivity index (χ0) is 13.6.